The normalized spacial score (nSPS) is 22.1. The molecule has 96 valence electrons. The van der Waals surface area contributed by atoms with Crippen molar-refractivity contribution in [3.63, 3.8) is 0 Å². The van der Waals surface area contributed by atoms with E-state index < -0.39 is 11.7 Å². The molecule has 0 amide bonds. The molecular weight excluding hydrogens is 216 g/mol. The van der Waals surface area contributed by atoms with Crippen molar-refractivity contribution < 1.29 is 10.2 Å². The van der Waals surface area contributed by atoms with E-state index in [1.165, 1.54) is 0 Å². The highest BCUT2D eigenvalue weighted by Crippen LogP contribution is 2.37. The summed E-state index contributed by atoms with van der Waals surface area (Å²) < 4.78 is 1.78. The van der Waals surface area contributed by atoms with E-state index in [0.29, 0.717) is 12.8 Å². The van der Waals surface area contributed by atoms with Crippen LogP contribution in [0.2, 0.25) is 0 Å². The van der Waals surface area contributed by atoms with Crippen molar-refractivity contribution in [2.24, 2.45) is 0 Å². The third kappa shape index (κ3) is 2.69. The van der Waals surface area contributed by atoms with Crippen LogP contribution in [0.5, 0.6) is 0 Å². The monoisotopic (exact) mass is 238 g/mol. The van der Waals surface area contributed by atoms with E-state index in [2.05, 4.69) is 5.10 Å². The number of aliphatic hydroxyl groups excluding tert-OH is 1. The van der Waals surface area contributed by atoms with Gasteiger partial charge in [-0.1, -0.05) is 25.7 Å². The quantitative estimate of drug-likeness (QED) is 0.792. The highest BCUT2D eigenvalue weighted by Gasteiger charge is 2.37. The molecule has 1 aliphatic carbocycles. The summed E-state index contributed by atoms with van der Waals surface area (Å²) in [4.78, 5) is 0. The molecule has 1 saturated carbocycles. The van der Waals surface area contributed by atoms with Crippen molar-refractivity contribution in [1.82, 2.24) is 9.78 Å². The predicted molar refractivity (Wildman–Crippen MR) is 65.5 cm³/mol. The molecule has 2 rings (SSSR count). The smallest absolute Gasteiger partial charge is 0.111 e. The minimum absolute atomic E-state index is 0.686. The van der Waals surface area contributed by atoms with Gasteiger partial charge in [-0.05, 0) is 19.8 Å². The molecular formula is C13H22N2O2. The lowest BCUT2D eigenvalue weighted by atomic mass is 9.86. The molecule has 1 atom stereocenters. The first-order valence-corrected chi connectivity index (χ1v) is 6.58. The van der Waals surface area contributed by atoms with Crippen LogP contribution in [0.25, 0.3) is 0 Å². The van der Waals surface area contributed by atoms with Crippen LogP contribution in [0.4, 0.5) is 0 Å². The lowest BCUT2D eigenvalue weighted by Crippen LogP contribution is -2.35. The second-order valence-electron chi connectivity index (χ2n) is 5.05. The van der Waals surface area contributed by atoms with Gasteiger partial charge in [-0.15, -0.1) is 0 Å². The van der Waals surface area contributed by atoms with E-state index >= 15 is 0 Å². The summed E-state index contributed by atoms with van der Waals surface area (Å²) in [5.74, 6) is 0. The Hall–Kier alpha value is -0.870. The Morgan fingerprint density at radius 2 is 2.00 bits per heavy atom. The zero-order valence-corrected chi connectivity index (χ0v) is 10.5. The fourth-order valence-electron chi connectivity index (χ4n) is 2.62. The van der Waals surface area contributed by atoms with Crippen molar-refractivity contribution in [3.05, 3.63) is 18.0 Å². The van der Waals surface area contributed by atoms with Gasteiger partial charge in [-0.3, -0.25) is 4.68 Å². The van der Waals surface area contributed by atoms with Gasteiger partial charge in [0, 0.05) is 18.3 Å². The van der Waals surface area contributed by atoms with Gasteiger partial charge in [0.1, 0.15) is 6.10 Å². The van der Waals surface area contributed by atoms with E-state index in [0.717, 1.165) is 37.8 Å². The first kappa shape index (κ1) is 12.6. The molecule has 17 heavy (non-hydrogen) atoms. The van der Waals surface area contributed by atoms with Crippen LogP contribution in [-0.2, 0) is 6.54 Å². The van der Waals surface area contributed by atoms with Gasteiger partial charge < -0.3 is 10.2 Å². The molecule has 4 heteroatoms. The molecule has 4 nitrogen and oxygen atoms in total. The SMILES string of the molecule is CCn1cc(C(O)C2(O)CCCCCC2)cn1. The topological polar surface area (TPSA) is 58.3 Å². The van der Waals surface area contributed by atoms with Crippen LogP contribution in [-0.4, -0.2) is 25.6 Å². The number of aromatic nitrogens is 2. The second kappa shape index (κ2) is 5.19. The molecule has 0 radical (unpaired) electrons. The van der Waals surface area contributed by atoms with Crippen LogP contribution < -0.4 is 0 Å². The number of aryl methyl sites for hydroxylation is 1. The number of aliphatic hydroxyl groups is 2. The third-order valence-electron chi connectivity index (χ3n) is 3.77. The number of rotatable bonds is 3. The van der Waals surface area contributed by atoms with Crippen molar-refractivity contribution >= 4 is 0 Å². The maximum absolute atomic E-state index is 10.6. The van der Waals surface area contributed by atoms with E-state index in [1.54, 1.807) is 10.9 Å². The highest BCUT2D eigenvalue weighted by atomic mass is 16.3. The molecule has 1 aromatic rings. The Morgan fingerprint density at radius 1 is 1.35 bits per heavy atom. The van der Waals surface area contributed by atoms with Crippen molar-refractivity contribution in [1.29, 1.82) is 0 Å². The zero-order valence-electron chi connectivity index (χ0n) is 10.5. The van der Waals surface area contributed by atoms with Crippen LogP contribution in [0.3, 0.4) is 0 Å². The van der Waals surface area contributed by atoms with Crippen LogP contribution in [0, 0.1) is 0 Å². The minimum Gasteiger partial charge on any atom is -0.387 e. The Bertz CT molecular complexity index is 354. The first-order valence-electron chi connectivity index (χ1n) is 6.58. The zero-order chi connectivity index (χ0) is 12.3. The summed E-state index contributed by atoms with van der Waals surface area (Å²) in [6.07, 6.45) is 8.36. The molecule has 1 unspecified atom stereocenters. The van der Waals surface area contributed by atoms with Gasteiger partial charge in [0.2, 0.25) is 0 Å². The Balaban J connectivity index is 2.13. The maximum Gasteiger partial charge on any atom is 0.111 e. The summed E-state index contributed by atoms with van der Waals surface area (Å²) in [5, 5.41) is 25.1. The Labute approximate surface area is 102 Å². The highest BCUT2D eigenvalue weighted by molar-refractivity contribution is 5.13. The third-order valence-corrected chi connectivity index (χ3v) is 3.77. The van der Waals surface area contributed by atoms with Gasteiger partial charge in [-0.2, -0.15) is 5.10 Å². The average molecular weight is 238 g/mol. The summed E-state index contributed by atoms with van der Waals surface area (Å²) in [5.41, 5.74) is -0.228. The molecule has 0 saturated heterocycles. The summed E-state index contributed by atoms with van der Waals surface area (Å²) >= 11 is 0. The molecule has 1 fully saturated rings. The van der Waals surface area contributed by atoms with Gasteiger partial charge in [0.25, 0.3) is 0 Å². The lowest BCUT2D eigenvalue weighted by molar-refractivity contribution is -0.0867. The Kier molecular flexibility index (Phi) is 3.84. The van der Waals surface area contributed by atoms with E-state index in [1.807, 2.05) is 13.1 Å². The van der Waals surface area contributed by atoms with Crippen LogP contribution in [0.15, 0.2) is 12.4 Å². The number of hydrogen-bond acceptors (Lipinski definition) is 3. The molecule has 0 aromatic carbocycles. The predicted octanol–water partition coefficient (Wildman–Crippen LogP) is 2.02. The standard InChI is InChI=1S/C13H22N2O2/c1-2-15-10-11(9-14-15)12(16)13(17)7-5-3-4-6-8-13/h9-10,12,16-17H,2-8H2,1H3. The molecule has 0 bridgehead atoms. The van der Waals surface area contributed by atoms with Gasteiger partial charge in [-0.25, -0.2) is 0 Å². The summed E-state index contributed by atoms with van der Waals surface area (Å²) in [7, 11) is 0. The average Bonchev–Trinajstić information content (AvgIpc) is 2.71. The van der Waals surface area contributed by atoms with Crippen molar-refractivity contribution in [2.75, 3.05) is 0 Å². The van der Waals surface area contributed by atoms with Gasteiger partial charge >= 0.3 is 0 Å². The maximum atomic E-state index is 10.6. The number of nitrogens with zero attached hydrogens (tertiary/aromatic N) is 2. The molecule has 1 aliphatic rings. The molecule has 2 N–H and O–H groups in total. The molecule has 0 aliphatic heterocycles. The van der Waals surface area contributed by atoms with E-state index in [9.17, 15) is 10.2 Å². The van der Waals surface area contributed by atoms with Crippen molar-refractivity contribution in [3.8, 4) is 0 Å². The number of hydrogen-bond donors (Lipinski definition) is 2. The van der Waals surface area contributed by atoms with Gasteiger partial charge in [0.15, 0.2) is 0 Å². The van der Waals surface area contributed by atoms with E-state index in [-0.39, 0.29) is 0 Å². The fourth-order valence-corrected chi connectivity index (χ4v) is 2.62. The second-order valence-corrected chi connectivity index (χ2v) is 5.05. The molecule has 0 spiro atoms. The van der Waals surface area contributed by atoms with Gasteiger partial charge in [0.05, 0.1) is 11.8 Å². The summed E-state index contributed by atoms with van der Waals surface area (Å²) in [6, 6.07) is 0. The van der Waals surface area contributed by atoms with Crippen LogP contribution in [0.1, 0.15) is 57.1 Å². The molecule has 1 heterocycles. The van der Waals surface area contributed by atoms with Crippen LogP contribution >= 0.6 is 0 Å². The lowest BCUT2D eigenvalue weighted by Gasteiger charge is -2.31. The largest absolute Gasteiger partial charge is 0.387 e. The fraction of sp³-hybridized carbons (Fsp3) is 0.769. The minimum atomic E-state index is -0.960. The molecule has 1 aromatic heterocycles. The summed E-state index contributed by atoms with van der Waals surface area (Å²) in [6.45, 7) is 2.79. The Morgan fingerprint density at radius 3 is 2.53 bits per heavy atom. The van der Waals surface area contributed by atoms with Crippen molar-refractivity contribution in [2.45, 2.75) is 63.7 Å². The first-order chi connectivity index (χ1) is 8.15. The van der Waals surface area contributed by atoms with E-state index in [4.69, 9.17) is 0 Å².